The van der Waals surface area contributed by atoms with Crippen LogP contribution in [0.25, 0.3) is 0 Å². The number of sulfonamides is 1. The number of carbonyl (C=O) groups is 2. The van der Waals surface area contributed by atoms with Gasteiger partial charge in [0.1, 0.15) is 11.8 Å². The predicted octanol–water partition coefficient (Wildman–Crippen LogP) is 3.66. The van der Waals surface area contributed by atoms with Crippen molar-refractivity contribution in [3.63, 3.8) is 0 Å². The highest BCUT2D eigenvalue weighted by Crippen LogP contribution is 2.16. The second-order valence-electron chi connectivity index (χ2n) is 8.89. The molecule has 3 rings (SSSR count). The Balaban J connectivity index is 1.67. The molecule has 0 bridgehead atoms. The van der Waals surface area contributed by atoms with E-state index in [9.17, 15) is 18.0 Å². The third-order valence-corrected chi connectivity index (χ3v) is 7.75. The molecular formula is C29H35N3O5S. The normalized spacial score (nSPS) is 12.0. The maximum Gasteiger partial charge on any atom is 0.242 e. The van der Waals surface area contributed by atoms with E-state index in [1.165, 1.54) is 12.1 Å². The summed E-state index contributed by atoms with van der Waals surface area (Å²) in [5.41, 5.74) is 2.69. The summed E-state index contributed by atoms with van der Waals surface area (Å²) in [4.78, 5) is 28.2. The van der Waals surface area contributed by atoms with E-state index in [0.717, 1.165) is 22.4 Å². The Morgan fingerprint density at radius 2 is 1.53 bits per heavy atom. The van der Waals surface area contributed by atoms with Crippen LogP contribution in [0.4, 0.5) is 0 Å². The van der Waals surface area contributed by atoms with Gasteiger partial charge >= 0.3 is 0 Å². The third kappa shape index (κ3) is 8.16. The summed E-state index contributed by atoms with van der Waals surface area (Å²) in [5.74, 6) is 0.329. The first-order chi connectivity index (χ1) is 18.2. The maximum atomic E-state index is 13.3. The monoisotopic (exact) mass is 537 g/mol. The summed E-state index contributed by atoms with van der Waals surface area (Å²) in [7, 11) is -1.93. The highest BCUT2D eigenvalue weighted by atomic mass is 32.2. The van der Waals surface area contributed by atoms with Crippen LogP contribution in [0.3, 0.4) is 0 Å². The van der Waals surface area contributed by atoms with Crippen LogP contribution < -0.4 is 14.8 Å². The molecule has 202 valence electrons. The van der Waals surface area contributed by atoms with Crippen LogP contribution in [0.5, 0.6) is 5.75 Å². The van der Waals surface area contributed by atoms with E-state index >= 15 is 0 Å². The van der Waals surface area contributed by atoms with E-state index in [2.05, 4.69) is 10.0 Å². The predicted molar refractivity (Wildman–Crippen MR) is 147 cm³/mol. The zero-order valence-electron chi connectivity index (χ0n) is 22.0. The molecule has 0 radical (unpaired) electrons. The van der Waals surface area contributed by atoms with Crippen molar-refractivity contribution in [2.75, 3.05) is 13.7 Å². The van der Waals surface area contributed by atoms with Crippen LogP contribution >= 0.6 is 0 Å². The van der Waals surface area contributed by atoms with Gasteiger partial charge in [0.25, 0.3) is 0 Å². The van der Waals surface area contributed by atoms with Gasteiger partial charge in [-0.15, -0.1) is 0 Å². The standard InChI is InChI=1S/C29H35N3O5S/c1-4-31-38(35,36)27-17-12-23(13-18-27)14-19-28(33)32(21-25-8-6-5-7-9-25)22(2)29(34)30-20-24-10-15-26(37-3)16-11-24/h5-13,15-18,22,31H,4,14,19-21H2,1-3H3,(H,30,34). The van der Waals surface area contributed by atoms with Crippen molar-refractivity contribution in [3.8, 4) is 5.75 Å². The van der Waals surface area contributed by atoms with Crippen LogP contribution in [0.2, 0.25) is 0 Å². The molecule has 3 aromatic rings. The number of nitrogens with zero attached hydrogens (tertiary/aromatic N) is 1. The average Bonchev–Trinajstić information content (AvgIpc) is 2.94. The Kier molecular flexibility index (Phi) is 10.4. The maximum absolute atomic E-state index is 13.3. The van der Waals surface area contributed by atoms with Crippen LogP contribution in [0.1, 0.15) is 37.0 Å². The van der Waals surface area contributed by atoms with Gasteiger partial charge in [-0.2, -0.15) is 0 Å². The molecule has 1 unspecified atom stereocenters. The van der Waals surface area contributed by atoms with Gasteiger partial charge in [-0.05, 0) is 54.3 Å². The number of methoxy groups -OCH3 is 1. The summed E-state index contributed by atoms with van der Waals surface area (Å²) in [6, 6.07) is 22.8. The molecule has 2 N–H and O–H groups in total. The Labute approximate surface area is 225 Å². The van der Waals surface area contributed by atoms with E-state index < -0.39 is 16.1 Å². The largest absolute Gasteiger partial charge is 0.497 e. The quantitative estimate of drug-likeness (QED) is 0.346. The Morgan fingerprint density at radius 3 is 2.13 bits per heavy atom. The third-order valence-electron chi connectivity index (χ3n) is 6.18. The topological polar surface area (TPSA) is 105 Å². The fourth-order valence-corrected chi connectivity index (χ4v) is 4.99. The highest BCUT2D eigenvalue weighted by Gasteiger charge is 2.26. The first kappa shape index (κ1) is 28.9. The van der Waals surface area contributed by atoms with E-state index in [0.29, 0.717) is 26.1 Å². The van der Waals surface area contributed by atoms with Gasteiger partial charge in [0, 0.05) is 26.1 Å². The zero-order chi connectivity index (χ0) is 27.5. The molecule has 38 heavy (non-hydrogen) atoms. The van der Waals surface area contributed by atoms with E-state index in [-0.39, 0.29) is 23.1 Å². The molecule has 0 spiro atoms. The summed E-state index contributed by atoms with van der Waals surface area (Å²) in [5, 5.41) is 2.93. The molecule has 0 aromatic heterocycles. The molecule has 9 heteroatoms. The summed E-state index contributed by atoms with van der Waals surface area (Å²) < 4.78 is 32.0. The summed E-state index contributed by atoms with van der Waals surface area (Å²) in [6.07, 6.45) is 0.605. The SMILES string of the molecule is CCNS(=O)(=O)c1ccc(CCC(=O)N(Cc2ccccc2)C(C)C(=O)NCc2ccc(OC)cc2)cc1. The van der Waals surface area contributed by atoms with Gasteiger partial charge in [-0.25, -0.2) is 13.1 Å². The van der Waals surface area contributed by atoms with Gasteiger partial charge in [0.15, 0.2) is 0 Å². The summed E-state index contributed by atoms with van der Waals surface area (Å²) >= 11 is 0. The molecule has 3 aromatic carbocycles. The van der Waals surface area contributed by atoms with Crippen molar-refractivity contribution in [2.24, 2.45) is 0 Å². The molecule has 0 aliphatic heterocycles. The molecule has 2 amide bonds. The Hall–Kier alpha value is -3.69. The molecule has 0 aliphatic rings. The molecule has 0 fully saturated rings. The number of rotatable bonds is 13. The number of carbonyl (C=O) groups excluding carboxylic acids is 2. The first-order valence-corrected chi connectivity index (χ1v) is 14.0. The van der Waals surface area contributed by atoms with Crippen LogP contribution in [-0.2, 0) is 39.1 Å². The number of hydrogen-bond acceptors (Lipinski definition) is 5. The van der Waals surface area contributed by atoms with Crippen molar-refractivity contribution < 1.29 is 22.7 Å². The average molecular weight is 538 g/mol. The Morgan fingerprint density at radius 1 is 0.895 bits per heavy atom. The van der Waals surface area contributed by atoms with Gasteiger partial charge < -0.3 is 15.0 Å². The molecule has 0 heterocycles. The van der Waals surface area contributed by atoms with E-state index in [1.54, 1.807) is 38.0 Å². The second-order valence-corrected chi connectivity index (χ2v) is 10.7. The number of ether oxygens (including phenoxy) is 1. The van der Waals surface area contributed by atoms with Crippen LogP contribution in [0, 0.1) is 0 Å². The molecule has 1 atom stereocenters. The fraction of sp³-hybridized carbons (Fsp3) is 0.310. The minimum absolute atomic E-state index is 0.162. The van der Waals surface area contributed by atoms with Gasteiger partial charge in [-0.3, -0.25) is 9.59 Å². The van der Waals surface area contributed by atoms with E-state index in [1.807, 2.05) is 54.6 Å². The fourth-order valence-electron chi connectivity index (χ4n) is 3.95. The van der Waals surface area contributed by atoms with Gasteiger partial charge in [0.05, 0.1) is 12.0 Å². The lowest BCUT2D eigenvalue weighted by Gasteiger charge is -2.29. The van der Waals surface area contributed by atoms with Crippen molar-refractivity contribution in [3.05, 3.63) is 95.6 Å². The number of hydrogen-bond donors (Lipinski definition) is 2. The summed E-state index contributed by atoms with van der Waals surface area (Å²) in [6.45, 7) is 4.39. The van der Waals surface area contributed by atoms with E-state index in [4.69, 9.17) is 4.74 Å². The second kappa shape index (κ2) is 13.7. The first-order valence-electron chi connectivity index (χ1n) is 12.6. The Bertz CT molecular complexity index is 1290. The molecular weight excluding hydrogens is 502 g/mol. The highest BCUT2D eigenvalue weighted by molar-refractivity contribution is 7.89. The molecule has 0 saturated heterocycles. The number of amides is 2. The number of aryl methyl sites for hydroxylation is 1. The lowest BCUT2D eigenvalue weighted by Crippen LogP contribution is -2.47. The molecule has 8 nitrogen and oxygen atoms in total. The zero-order valence-corrected chi connectivity index (χ0v) is 22.8. The van der Waals surface area contributed by atoms with Gasteiger partial charge in [0.2, 0.25) is 21.8 Å². The molecule has 0 aliphatic carbocycles. The van der Waals surface area contributed by atoms with Crippen LogP contribution in [0.15, 0.2) is 83.8 Å². The lowest BCUT2D eigenvalue weighted by molar-refractivity contribution is -0.140. The van der Waals surface area contributed by atoms with Crippen molar-refractivity contribution in [2.45, 2.75) is 50.7 Å². The van der Waals surface area contributed by atoms with Crippen molar-refractivity contribution in [1.29, 1.82) is 0 Å². The number of benzene rings is 3. The van der Waals surface area contributed by atoms with Crippen molar-refractivity contribution >= 4 is 21.8 Å². The van der Waals surface area contributed by atoms with Crippen molar-refractivity contribution in [1.82, 2.24) is 14.9 Å². The van der Waals surface area contributed by atoms with Crippen LogP contribution in [-0.4, -0.2) is 44.8 Å². The minimum Gasteiger partial charge on any atom is -0.497 e. The minimum atomic E-state index is -3.53. The smallest absolute Gasteiger partial charge is 0.242 e. The molecule has 0 saturated carbocycles. The number of nitrogens with one attached hydrogen (secondary N) is 2. The van der Waals surface area contributed by atoms with Gasteiger partial charge in [-0.1, -0.05) is 61.5 Å². The lowest BCUT2D eigenvalue weighted by atomic mass is 10.1.